The summed E-state index contributed by atoms with van der Waals surface area (Å²) in [5.74, 6) is -0.204. The number of carbonyl (C=O) groups is 1. The van der Waals surface area contributed by atoms with Gasteiger partial charge in [-0.05, 0) is 109 Å². The van der Waals surface area contributed by atoms with Crippen LogP contribution in [0.25, 0.3) is 0 Å². The number of benzene rings is 2. The first-order chi connectivity index (χ1) is 19.4. The van der Waals surface area contributed by atoms with Gasteiger partial charge in [-0.25, -0.2) is 18.4 Å². The smallest absolute Gasteiger partial charge is 0.335 e. The zero-order valence-corrected chi connectivity index (χ0v) is 25.9. The number of primary sulfonamides is 1. The molecule has 0 bridgehead atoms. The zero-order chi connectivity index (χ0) is 29.4. The van der Waals surface area contributed by atoms with Crippen LogP contribution in [0.2, 0.25) is 5.02 Å². The Kier molecular flexibility index (Phi) is 9.07. The molecule has 0 saturated heterocycles. The molecule has 5 rings (SSSR count). The van der Waals surface area contributed by atoms with Gasteiger partial charge < -0.3 is 19.8 Å². The molecule has 4 atom stereocenters. The van der Waals surface area contributed by atoms with Crippen molar-refractivity contribution >= 4 is 49.2 Å². The monoisotopic (exact) mass is 666 g/mol. The average Bonchev–Trinajstić information content (AvgIpc) is 3.02. The fraction of sp³-hybridized carbons (Fsp3) is 0.500. The number of hydrogen-bond acceptors (Lipinski definition) is 6. The summed E-state index contributed by atoms with van der Waals surface area (Å²) in [6.07, 6.45) is 6.68. The number of carboxylic acids is 1. The van der Waals surface area contributed by atoms with Crippen LogP contribution in [-0.2, 0) is 21.9 Å². The number of ether oxygens (including phenoxy) is 1. The first-order valence-corrected chi connectivity index (χ1v) is 16.9. The highest BCUT2D eigenvalue weighted by Gasteiger charge is 2.44. The molecule has 4 N–H and O–H groups in total. The second-order valence-corrected chi connectivity index (χ2v) is 14.9. The maximum absolute atomic E-state index is 11.9. The van der Waals surface area contributed by atoms with E-state index in [1.165, 1.54) is 11.1 Å². The summed E-state index contributed by atoms with van der Waals surface area (Å²) in [6.45, 7) is 1.81. The number of allylic oxidation sites excluding steroid dienone is 1. The van der Waals surface area contributed by atoms with Crippen molar-refractivity contribution < 1.29 is 28.2 Å². The SMILES string of the molecule is NS(=O)(=O)CCC/C(Br)=C/C(O)[C@@H]1CC[C@H]1CN1CC2(CCCc3cc(Cl)ccc32)COc2ccc(C(=O)O)cc21. The van der Waals surface area contributed by atoms with Gasteiger partial charge in [-0.2, -0.15) is 0 Å². The highest BCUT2D eigenvalue weighted by Crippen LogP contribution is 2.46. The van der Waals surface area contributed by atoms with Crippen LogP contribution in [0.3, 0.4) is 0 Å². The highest BCUT2D eigenvalue weighted by atomic mass is 79.9. The molecule has 1 fully saturated rings. The molecule has 0 aromatic heterocycles. The normalized spacial score (nSPS) is 25.0. The summed E-state index contributed by atoms with van der Waals surface area (Å²) in [7, 11) is -3.52. The average molecular weight is 668 g/mol. The molecule has 8 nitrogen and oxygen atoms in total. The molecule has 1 aliphatic heterocycles. The van der Waals surface area contributed by atoms with E-state index in [9.17, 15) is 23.4 Å². The Bertz CT molecular complexity index is 1450. The largest absolute Gasteiger partial charge is 0.490 e. The molecule has 1 heterocycles. The third-order valence-corrected chi connectivity index (χ3v) is 10.6. The van der Waals surface area contributed by atoms with E-state index in [2.05, 4.69) is 26.9 Å². The Morgan fingerprint density at radius 2 is 2.07 bits per heavy atom. The number of nitrogens with zero attached hydrogens (tertiary/aromatic N) is 1. The molecule has 0 amide bonds. The van der Waals surface area contributed by atoms with Gasteiger partial charge in [0.25, 0.3) is 0 Å². The van der Waals surface area contributed by atoms with Crippen LogP contribution in [0, 0.1) is 11.8 Å². The number of nitrogens with two attached hydrogens (primary N) is 1. The first kappa shape index (κ1) is 30.4. The van der Waals surface area contributed by atoms with Crippen LogP contribution >= 0.6 is 27.5 Å². The van der Waals surface area contributed by atoms with Crippen molar-refractivity contribution in [2.45, 2.75) is 56.5 Å². The molecule has 222 valence electrons. The second kappa shape index (κ2) is 12.2. The summed E-state index contributed by atoms with van der Waals surface area (Å²) in [5, 5.41) is 26.6. The second-order valence-electron chi connectivity index (χ2n) is 11.7. The van der Waals surface area contributed by atoms with Crippen molar-refractivity contribution in [3.8, 4) is 5.75 Å². The fourth-order valence-electron chi connectivity index (χ4n) is 6.64. The minimum absolute atomic E-state index is 0.0319. The van der Waals surface area contributed by atoms with Crippen molar-refractivity contribution in [1.82, 2.24) is 0 Å². The summed E-state index contributed by atoms with van der Waals surface area (Å²) in [4.78, 5) is 14.1. The van der Waals surface area contributed by atoms with Gasteiger partial charge in [0.05, 0.1) is 29.7 Å². The molecule has 41 heavy (non-hydrogen) atoms. The van der Waals surface area contributed by atoms with Gasteiger partial charge in [-0.15, -0.1) is 0 Å². The number of aliphatic hydroxyl groups excluding tert-OH is 1. The van der Waals surface area contributed by atoms with E-state index < -0.39 is 22.1 Å². The number of aliphatic hydroxyl groups is 1. The summed E-state index contributed by atoms with van der Waals surface area (Å²) in [6, 6.07) is 11.1. The maximum atomic E-state index is 11.9. The maximum Gasteiger partial charge on any atom is 0.335 e. The molecule has 2 aromatic carbocycles. The van der Waals surface area contributed by atoms with Gasteiger partial charge in [-0.1, -0.05) is 33.6 Å². The fourth-order valence-corrected chi connectivity index (χ4v) is 7.93. The van der Waals surface area contributed by atoms with Crippen molar-refractivity contribution in [1.29, 1.82) is 0 Å². The van der Waals surface area contributed by atoms with Gasteiger partial charge in [0.15, 0.2) is 0 Å². The van der Waals surface area contributed by atoms with Gasteiger partial charge in [0.1, 0.15) is 5.75 Å². The van der Waals surface area contributed by atoms with Gasteiger partial charge >= 0.3 is 5.97 Å². The van der Waals surface area contributed by atoms with Crippen LogP contribution in [0.1, 0.15) is 60.0 Å². The third kappa shape index (κ3) is 6.94. The molecular weight excluding hydrogens is 632 g/mol. The lowest BCUT2D eigenvalue weighted by molar-refractivity contribution is 0.0455. The number of fused-ring (bicyclic) bond motifs is 3. The molecule has 2 aliphatic carbocycles. The van der Waals surface area contributed by atoms with E-state index in [4.69, 9.17) is 21.5 Å². The lowest BCUT2D eigenvalue weighted by Crippen LogP contribution is -2.49. The van der Waals surface area contributed by atoms with Gasteiger partial charge in [0, 0.05) is 23.5 Å². The number of rotatable bonds is 9. The standard InChI is InChI=1S/C30H36BrClN2O6S/c31-22(4-2-12-41(33,38)39)15-27(35)24-8-5-21(24)16-34-17-30(11-1-3-19-13-23(32)7-9-25(19)30)18-40-28-10-6-20(29(36)37)14-26(28)34/h6-7,9-10,13-15,21,24,27,35H,1-5,8,11-12,16-18H2,(H,36,37)(H2,33,38,39)/b22-15-/t21-,24+,27?,30?/m0/s1. The molecule has 1 spiro atoms. The predicted molar refractivity (Wildman–Crippen MR) is 164 cm³/mol. The quantitative estimate of drug-likeness (QED) is 0.333. The van der Waals surface area contributed by atoms with Crippen molar-refractivity contribution in [2.75, 3.05) is 30.3 Å². The van der Waals surface area contributed by atoms with Gasteiger partial charge in [-0.3, -0.25) is 0 Å². The highest BCUT2D eigenvalue weighted by molar-refractivity contribution is 9.11. The van der Waals surface area contributed by atoms with Crippen LogP contribution < -0.4 is 14.8 Å². The van der Waals surface area contributed by atoms with Crippen LogP contribution in [0.15, 0.2) is 47.0 Å². The van der Waals surface area contributed by atoms with Crippen LogP contribution in [-0.4, -0.2) is 56.2 Å². The van der Waals surface area contributed by atoms with Crippen molar-refractivity contribution in [2.24, 2.45) is 17.0 Å². The number of aromatic carboxylic acids is 1. The van der Waals surface area contributed by atoms with Gasteiger partial charge in [0.2, 0.25) is 10.0 Å². The Balaban J connectivity index is 1.40. The lowest BCUT2D eigenvalue weighted by atomic mass is 9.68. The molecule has 2 unspecified atom stereocenters. The van der Waals surface area contributed by atoms with E-state index >= 15 is 0 Å². The number of carboxylic acid groups (broad SMARTS) is 1. The van der Waals surface area contributed by atoms with Crippen molar-refractivity contribution in [3.63, 3.8) is 0 Å². The molecule has 11 heteroatoms. The first-order valence-electron chi connectivity index (χ1n) is 14.0. The number of sulfonamides is 1. The Hall–Kier alpha value is -2.11. The zero-order valence-electron chi connectivity index (χ0n) is 22.8. The Morgan fingerprint density at radius 1 is 1.27 bits per heavy atom. The van der Waals surface area contributed by atoms with Crippen LogP contribution in [0.5, 0.6) is 5.75 Å². The van der Waals surface area contributed by atoms with E-state index in [1.54, 1.807) is 24.3 Å². The molecule has 2 aromatic rings. The number of hydrogen-bond donors (Lipinski definition) is 3. The van der Waals surface area contributed by atoms with E-state index in [-0.39, 0.29) is 28.6 Å². The Morgan fingerprint density at radius 3 is 2.78 bits per heavy atom. The molecule has 0 radical (unpaired) electrons. The summed E-state index contributed by atoms with van der Waals surface area (Å²) < 4.78 is 29.7. The minimum Gasteiger partial charge on any atom is -0.490 e. The van der Waals surface area contributed by atoms with E-state index in [0.29, 0.717) is 38.3 Å². The van der Waals surface area contributed by atoms with Crippen LogP contribution in [0.4, 0.5) is 5.69 Å². The Labute approximate surface area is 254 Å². The predicted octanol–water partition coefficient (Wildman–Crippen LogP) is 5.25. The number of halogens is 2. The third-order valence-electron chi connectivity index (χ3n) is 8.85. The van der Waals surface area contributed by atoms with Crippen molar-refractivity contribution in [3.05, 3.63) is 68.7 Å². The van der Waals surface area contributed by atoms with E-state index in [1.807, 2.05) is 12.1 Å². The molecule has 1 saturated carbocycles. The summed E-state index contributed by atoms with van der Waals surface area (Å²) >= 11 is 9.83. The number of aryl methyl sites for hydroxylation is 1. The minimum atomic E-state index is -3.52. The summed E-state index contributed by atoms with van der Waals surface area (Å²) in [5.41, 5.74) is 3.17. The molecule has 3 aliphatic rings. The number of anilines is 1. The molecular formula is C30H36BrClN2O6S. The lowest BCUT2D eigenvalue weighted by Gasteiger charge is -2.45. The topological polar surface area (TPSA) is 130 Å². The van der Waals surface area contributed by atoms with E-state index in [0.717, 1.165) is 47.3 Å².